The molecule has 0 unspecified atom stereocenters. The van der Waals surface area contributed by atoms with Crippen LogP contribution in [-0.2, 0) is 6.18 Å². The molecular formula is C7H2F4N2O. The highest BCUT2D eigenvalue weighted by Gasteiger charge is 2.37. The molecule has 2 heterocycles. The van der Waals surface area contributed by atoms with Crippen molar-refractivity contribution in [2.24, 2.45) is 0 Å². The van der Waals surface area contributed by atoms with Gasteiger partial charge in [0.1, 0.15) is 0 Å². The van der Waals surface area contributed by atoms with Gasteiger partial charge in [-0.25, -0.2) is 0 Å². The molecule has 0 radical (unpaired) electrons. The van der Waals surface area contributed by atoms with Gasteiger partial charge < -0.3 is 4.42 Å². The highest BCUT2D eigenvalue weighted by Crippen LogP contribution is 2.30. The summed E-state index contributed by atoms with van der Waals surface area (Å²) in [6.07, 6.45) is -4.68. The average molecular weight is 206 g/mol. The van der Waals surface area contributed by atoms with Crippen molar-refractivity contribution >= 4 is 11.2 Å². The Labute approximate surface area is 74.4 Å². The van der Waals surface area contributed by atoms with E-state index >= 15 is 0 Å². The van der Waals surface area contributed by atoms with Gasteiger partial charge in [0, 0.05) is 0 Å². The summed E-state index contributed by atoms with van der Waals surface area (Å²) in [6, 6.07) is 1.94. The largest absolute Gasteiger partial charge is 0.469 e. The van der Waals surface area contributed by atoms with E-state index in [0.29, 0.717) is 0 Å². The zero-order valence-corrected chi connectivity index (χ0v) is 6.47. The lowest BCUT2D eigenvalue weighted by atomic mass is 10.4. The maximum Gasteiger partial charge on any atom is 0.469 e. The Morgan fingerprint density at radius 1 is 1.14 bits per heavy atom. The van der Waals surface area contributed by atoms with Crippen LogP contribution in [0, 0.1) is 5.95 Å². The number of fused-ring (bicyclic) bond motifs is 1. The van der Waals surface area contributed by atoms with Crippen molar-refractivity contribution in [1.82, 2.24) is 9.97 Å². The first-order valence-corrected chi connectivity index (χ1v) is 3.47. The minimum Gasteiger partial charge on any atom is -0.431 e. The Balaban J connectivity index is 2.63. The molecule has 0 aliphatic rings. The van der Waals surface area contributed by atoms with E-state index < -0.39 is 23.7 Å². The smallest absolute Gasteiger partial charge is 0.431 e. The number of oxazole rings is 1. The normalized spacial score (nSPS) is 12.3. The van der Waals surface area contributed by atoms with Crippen LogP contribution in [0.3, 0.4) is 0 Å². The van der Waals surface area contributed by atoms with Crippen LogP contribution in [0.2, 0.25) is 0 Å². The van der Waals surface area contributed by atoms with E-state index in [1.165, 1.54) is 0 Å². The summed E-state index contributed by atoms with van der Waals surface area (Å²) in [5, 5.41) is 0. The topological polar surface area (TPSA) is 38.9 Å². The number of hydrogen-bond acceptors (Lipinski definition) is 3. The van der Waals surface area contributed by atoms with Gasteiger partial charge in [-0.15, -0.1) is 0 Å². The molecule has 7 heteroatoms. The Morgan fingerprint density at radius 2 is 1.86 bits per heavy atom. The van der Waals surface area contributed by atoms with Gasteiger partial charge in [0.15, 0.2) is 5.58 Å². The molecule has 0 amide bonds. The van der Waals surface area contributed by atoms with Gasteiger partial charge in [-0.05, 0) is 12.1 Å². The van der Waals surface area contributed by atoms with E-state index in [0.717, 1.165) is 12.1 Å². The third-order valence-corrected chi connectivity index (χ3v) is 1.46. The fourth-order valence-electron chi connectivity index (χ4n) is 0.917. The van der Waals surface area contributed by atoms with Crippen molar-refractivity contribution in [2.75, 3.05) is 0 Å². The Hall–Kier alpha value is -1.66. The summed E-state index contributed by atoms with van der Waals surface area (Å²) < 4.78 is 52.9. The molecule has 0 spiro atoms. The zero-order chi connectivity index (χ0) is 10.3. The predicted molar refractivity (Wildman–Crippen MR) is 36.8 cm³/mol. The van der Waals surface area contributed by atoms with Gasteiger partial charge >= 0.3 is 12.1 Å². The zero-order valence-electron chi connectivity index (χ0n) is 6.47. The maximum absolute atomic E-state index is 12.5. The summed E-state index contributed by atoms with van der Waals surface area (Å²) in [5.41, 5.74) is -0.587. The number of halogens is 4. The summed E-state index contributed by atoms with van der Waals surface area (Å²) in [4.78, 5) is 6.14. The first kappa shape index (κ1) is 8.92. The van der Waals surface area contributed by atoms with Gasteiger partial charge in [-0.1, -0.05) is 0 Å². The monoisotopic (exact) mass is 206 g/mol. The van der Waals surface area contributed by atoms with Crippen molar-refractivity contribution in [3.05, 3.63) is 24.0 Å². The lowest BCUT2D eigenvalue weighted by Crippen LogP contribution is -2.04. The van der Waals surface area contributed by atoms with Crippen LogP contribution in [0.25, 0.3) is 11.2 Å². The van der Waals surface area contributed by atoms with Gasteiger partial charge in [0.2, 0.25) is 11.6 Å². The first-order valence-electron chi connectivity index (χ1n) is 3.47. The van der Waals surface area contributed by atoms with Crippen molar-refractivity contribution in [2.45, 2.75) is 6.18 Å². The third-order valence-electron chi connectivity index (χ3n) is 1.46. The SMILES string of the molecule is Fc1ccc2oc(C(F)(F)F)nc2n1. The van der Waals surface area contributed by atoms with E-state index in [2.05, 4.69) is 14.4 Å². The van der Waals surface area contributed by atoms with Crippen LogP contribution in [0.15, 0.2) is 16.5 Å². The number of hydrogen-bond donors (Lipinski definition) is 0. The number of aromatic nitrogens is 2. The second kappa shape index (κ2) is 2.66. The van der Waals surface area contributed by atoms with Crippen LogP contribution in [0.1, 0.15) is 5.89 Å². The standard InChI is InChI=1S/C7H2F4N2O/c8-4-2-1-3-5(12-4)13-6(14-3)7(9,10)11/h1-2H. The lowest BCUT2D eigenvalue weighted by molar-refractivity contribution is -0.156. The summed E-state index contributed by atoms with van der Waals surface area (Å²) in [5.74, 6) is -2.33. The quantitative estimate of drug-likeness (QED) is 0.490. The van der Waals surface area contributed by atoms with E-state index in [9.17, 15) is 17.6 Å². The van der Waals surface area contributed by atoms with Crippen LogP contribution < -0.4 is 0 Å². The van der Waals surface area contributed by atoms with E-state index in [1.807, 2.05) is 0 Å². The van der Waals surface area contributed by atoms with E-state index in [1.54, 1.807) is 0 Å². The molecule has 0 saturated carbocycles. The van der Waals surface area contributed by atoms with Gasteiger partial charge in [-0.2, -0.15) is 27.5 Å². The molecule has 0 N–H and O–H groups in total. The van der Waals surface area contributed by atoms with Gasteiger partial charge in [0.05, 0.1) is 0 Å². The summed E-state index contributed by atoms with van der Waals surface area (Å²) in [7, 11) is 0. The molecule has 0 aliphatic carbocycles. The number of pyridine rings is 1. The van der Waals surface area contributed by atoms with Gasteiger partial charge in [-0.3, -0.25) is 0 Å². The Bertz CT molecular complexity index is 476. The van der Waals surface area contributed by atoms with Crippen LogP contribution in [0.5, 0.6) is 0 Å². The van der Waals surface area contributed by atoms with Crippen LogP contribution in [-0.4, -0.2) is 9.97 Å². The van der Waals surface area contributed by atoms with E-state index in [4.69, 9.17) is 0 Å². The first-order chi connectivity index (χ1) is 6.47. The second-order valence-electron chi connectivity index (χ2n) is 2.47. The molecule has 2 aromatic rings. The summed E-state index contributed by atoms with van der Waals surface area (Å²) >= 11 is 0. The molecule has 0 bridgehead atoms. The highest BCUT2D eigenvalue weighted by molar-refractivity contribution is 5.67. The second-order valence-corrected chi connectivity index (χ2v) is 2.47. The average Bonchev–Trinajstić information content (AvgIpc) is 2.45. The molecule has 0 aliphatic heterocycles. The van der Waals surface area contributed by atoms with Crippen molar-refractivity contribution < 1.29 is 22.0 Å². The lowest BCUT2D eigenvalue weighted by Gasteiger charge is -1.96. The Kier molecular flexibility index (Phi) is 1.70. The van der Waals surface area contributed by atoms with Crippen LogP contribution >= 0.6 is 0 Å². The molecule has 0 fully saturated rings. The molecule has 2 aromatic heterocycles. The maximum atomic E-state index is 12.5. The summed E-state index contributed by atoms with van der Waals surface area (Å²) in [6.45, 7) is 0. The molecule has 0 atom stereocenters. The molecule has 0 aromatic carbocycles. The van der Waals surface area contributed by atoms with Crippen molar-refractivity contribution in [3.8, 4) is 0 Å². The highest BCUT2D eigenvalue weighted by atomic mass is 19.4. The fourth-order valence-corrected chi connectivity index (χ4v) is 0.917. The number of alkyl halides is 3. The molecule has 0 saturated heterocycles. The minimum absolute atomic E-state index is 0.196. The predicted octanol–water partition coefficient (Wildman–Crippen LogP) is 2.38. The molecule has 2 rings (SSSR count). The van der Waals surface area contributed by atoms with Crippen molar-refractivity contribution in [1.29, 1.82) is 0 Å². The van der Waals surface area contributed by atoms with E-state index in [-0.39, 0.29) is 5.58 Å². The fraction of sp³-hybridized carbons (Fsp3) is 0.143. The number of nitrogens with zero attached hydrogens (tertiary/aromatic N) is 2. The molecular weight excluding hydrogens is 204 g/mol. The van der Waals surface area contributed by atoms with Crippen molar-refractivity contribution in [3.63, 3.8) is 0 Å². The Morgan fingerprint density at radius 3 is 2.50 bits per heavy atom. The van der Waals surface area contributed by atoms with Crippen LogP contribution in [0.4, 0.5) is 17.6 Å². The molecule has 14 heavy (non-hydrogen) atoms. The van der Waals surface area contributed by atoms with Gasteiger partial charge in [0.25, 0.3) is 0 Å². The third kappa shape index (κ3) is 1.40. The number of rotatable bonds is 0. The minimum atomic E-state index is -4.68. The molecule has 74 valence electrons. The molecule has 3 nitrogen and oxygen atoms in total.